The Bertz CT molecular complexity index is 514. The van der Waals surface area contributed by atoms with E-state index in [-0.39, 0.29) is 17.9 Å². The molecular formula is C17H28N2O5. The summed E-state index contributed by atoms with van der Waals surface area (Å²) in [5, 5.41) is 2.68. The first kappa shape index (κ1) is 18.5. The van der Waals surface area contributed by atoms with Crippen LogP contribution >= 0.6 is 0 Å². The number of carbonyl (C=O) groups is 3. The van der Waals surface area contributed by atoms with Gasteiger partial charge in [-0.1, -0.05) is 6.92 Å². The van der Waals surface area contributed by atoms with Gasteiger partial charge in [-0.25, -0.2) is 9.59 Å². The Morgan fingerprint density at radius 3 is 2.46 bits per heavy atom. The molecule has 0 radical (unpaired) electrons. The molecule has 2 fully saturated rings. The molecule has 2 aliphatic rings. The topological polar surface area (TPSA) is 84.9 Å². The Hall–Kier alpha value is -1.79. The molecule has 7 nitrogen and oxygen atoms in total. The summed E-state index contributed by atoms with van der Waals surface area (Å²) in [6.07, 6.45) is 2.15. The summed E-state index contributed by atoms with van der Waals surface area (Å²) in [5.41, 5.74) is -0.631. The Morgan fingerprint density at radius 2 is 1.88 bits per heavy atom. The maximum absolute atomic E-state index is 13.0. The van der Waals surface area contributed by atoms with E-state index in [1.54, 1.807) is 25.7 Å². The summed E-state index contributed by atoms with van der Waals surface area (Å²) < 4.78 is 10.1. The number of carbonyl (C=O) groups excluding carboxylic acids is 3. The second-order valence-corrected chi connectivity index (χ2v) is 7.79. The predicted molar refractivity (Wildman–Crippen MR) is 87.2 cm³/mol. The minimum absolute atomic E-state index is 0.0297. The fraction of sp³-hybridized carbons (Fsp3) is 0.824. The van der Waals surface area contributed by atoms with Gasteiger partial charge in [0.15, 0.2) is 0 Å². The SMILES string of the molecule is COC(=O)[C@@H]1CC[C@@H]2C[C@H](C)C[C@H](NC(=O)OC(C)(C)C)C(=O)N21. The molecule has 4 atom stereocenters. The molecule has 2 saturated heterocycles. The number of alkyl carbamates (subject to hydrolysis) is 1. The van der Waals surface area contributed by atoms with Gasteiger partial charge in [0.1, 0.15) is 17.7 Å². The molecule has 136 valence electrons. The summed E-state index contributed by atoms with van der Waals surface area (Å²) in [6, 6.07) is -1.20. The molecule has 2 rings (SSSR count). The number of hydrogen-bond donors (Lipinski definition) is 1. The smallest absolute Gasteiger partial charge is 0.408 e. The highest BCUT2D eigenvalue weighted by Gasteiger charge is 2.46. The molecule has 0 aromatic rings. The third-order valence-electron chi connectivity index (χ3n) is 4.53. The van der Waals surface area contributed by atoms with Gasteiger partial charge < -0.3 is 19.7 Å². The zero-order valence-corrected chi connectivity index (χ0v) is 15.1. The normalized spacial score (nSPS) is 30.4. The Kier molecular flexibility index (Phi) is 5.40. The minimum Gasteiger partial charge on any atom is -0.467 e. The highest BCUT2D eigenvalue weighted by atomic mass is 16.6. The lowest BCUT2D eigenvalue weighted by molar-refractivity contribution is -0.152. The second kappa shape index (κ2) is 6.99. The van der Waals surface area contributed by atoms with Gasteiger partial charge in [-0.15, -0.1) is 0 Å². The molecule has 2 aliphatic heterocycles. The first-order valence-corrected chi connectivity index (χ1v) is 8.52. The summed E-state index contributed by atoms with van der Waals surface area (Å²) in [6.45, 7) is 7.38. The number of rotatable bonds is 2. The Balaban J connectivity index is 2.16. The third kappa shape index (κ3) is 4.19. The van der Waals surface area contributed by atoms with Crippen LogP contribution in [0.1, 0.15) is 53.4 Å². The number of amides is 2. The molecule has 1 N–H and O–H groups in total. The molecule has 2 heterocycles. The fourth-order valence-corrected chi connectivity index (χ4v) is 3.63. The summed E-state index contributed by atoms with van der Waals surface area (Å²) in [5.74, 6) is -0.347. The summed E-state index contributed by atoms with van der Waals surface area (Å²) in [4.78, 5) is 38.6. The number of methoxy groups -OCH3 is 1. The molecule has 2 amide bonds. The van der Waals surface area contributed by atoms with Crippen LogP contribution in [0.3, 0.4) is 0 Å². The molecule has 0 unspecified atom stereocenters. The van der Waals surface area contributed by atoms with Gasteiger partial charge in [0, 0.05) is 6.04 Å². The lowest BCUT2D eigenvalue weighted by Crippen LogP contribution is -2.53. The molecule has 0 saturated carbocycles. The number of esters is 1. The maximum atomic E-state index is 13.0. The first-order chi connectivity index (χ1) is 11.1. The van der Waals surface area contributed by atoms with Crippen molar-refractivity contribution in [3.8, 4) is 0 Å². The number of nitrogens with one attached hydrogen (secondary N) is 1. The highest BCUT2D eigenvalue weighted by molar-refractivity contribution is 5.90. The van der Waals surface area contributed by atoms with Crippen molar-refractivity contribution in [3.63, 3.8) is 0 Å². The first-order valence-electron chi connectivity index (χ1n) is 8.52. The average molecular weight is 340 g/mol. The molecule has 0 aromatic carbocycles. The van der Waals surface area contributed by atoms with E-state index in [0.717, 1.165) is 12.8 Å². The van der Waals surface area contributed by atoms with E-state index in [1.165, 1.54) is 7.11 Å². The van der Waals surface area contributed by atoms with E-state index in [1.807, 2.05) is 0 Å². The third-order valence-corrected chi connectivity index (χ3v) is 4.53. The van der Waals surface area contributed by atoms with E-state index in [2.05, 4.69) is 12.2 Å². The lowest BCUT2D eigenvalue weighted by atomic mass is 9.96. The van der Waals surface area contributed by atoms with Crippen LogP contribution in [0.25, 0.3) is 0 Å². The van der Waals surface area contributed by atoms with Crippen LogP contribution in [0.5, 0.6) is 0 Å². The predicted octanol–water partition coefficient (Wildman–Crippen LogP) is 1.84. The van der Waals surface area contributed by atoms with E-state index < -0.39 is 29.7 Å². The molecule has 0 aliphatic carbocycles. The van der Waals surface area contributed by atoms with E-state index in [9.17, 15) is 14.4 Å². The van der Waals surface area contributed by atoms with Crippen LogP contribution in [0.2, 0.25) is 0 Å². The molecule has 0 spiro atoms. The Morgan fingerprint density at radius 1 is 1.21 bits per heavy atom. The maximum Gasteiger partial charge on any atom is 0.408 e. The van der Waals surface area contributed by atoms with Crippen LogP contribution in [0.4, 0.5) is 4.79 Å². The number of ether oxygens (including phenoxy) is 2. The van der Waals surface area contributed by atoms with Gasteiger partial charge in [-0.3, -0.25) is 4.79 Å². The number of fused-ring (bicyclic) bond motifs is 1. The molecule has 24 heavy (non-hydrogen) atoms. The van der Waals surface area contributed by atoms with Crippen molar-refractivity contribution < 1.29 is 23.9 Å². The van der Waals surface area contributed by atoms with E-state index >= 15 is 0 Å². The molecule has 0 aromatic heterocycles. The van der Waals surface area contributed by atoms with Crippen molar-refractivity contribution in [1.29, 1.82) is 0 Å². The van der Waals surface area contributed by atoms with Crippen LogP contribution in [-0.4, -0.2) is 53.7 Å². The highest BCUT2D eigenvalue weighted by Crippen LogP contribution is 2.34. The van der Waals surface area contributed by atoms with Crippen molar-refractivity contribution in [1.82, 2.24) is 10.2 Å². The van der Waals surface area contributed by atoms with Crippen molar-refractivity contribution in [2.75, 3.05) is 7.11 Å². The van der Waals surface area contributed by atoms with Crippen molar-refractivity contribution in [3.05, 3.63) is 0 Å². The van der Waals surface area contributed by atoms with Crippen molar-refractivity contribution in [2.24, 2.45) is 5.92 Å². The summed E-state index contributed by atoms with van der Waals surface area (Å²) in [7, 11) is 1.33. The standard InChI is InChI=1S/C17H28N2O5/c1-10-8-11-6-7-13(15(21)23-5)19(11)14(20)12(9-10)18-16(22)24-17(2,3)4/h10-13H,6-9H2,1-5H3,(H,18,22)/t10-,11+,12-,13-/m0/s1. The van der Waals surface area contributed by atoms with Crippen molar-refractivity contribution in [2.45, 2.75) is 77.1 Å². The fourth-order valence-electron chi connectivity index (χ4n) is 3.63. The molecule has 0 bridgehead atoms. The zero-order valence-electron chi connectivity index (χ0n) is 15.1. The van der Waals surface area contributed by atoms with Crippen molar-refractivity contribution >= 4 is 18.0 Å². The Labute approximate surface area is 143 Å². The van der Waals surface area contributed by atoms with Gasteiger partial charge in [-0.2, -0.15) is 0 Å². The van der Waals surface area contributed by atoms with Gasteiger partial charge in [0.2, 0.25) is 5.91 Å². The summed E-state index contributed by atoms with van der Waals surface area (Å²) >= 11 is 0. The van der Waals surface area contributed by atoms with E-state index in [0.29, 0.717) is 12.8 Å². The monoisotopic (exact) mass is 340 g/mol. The molecule has 7 heteroatoms. The number of hydrogen-bond acceptors (Lipinski definition) is 5. The van der Waals surface area contributed by atoms with Crippen LogP contribution < -0.4 is 5.32 Å². The van der Waals surface area contributed by atoms with Crippen LogP contribution in [0, 0.1) is 5.92 Å². The minimum atomic E-state index is -0.676. The average Bonchev–Trinajstić information content (AvgIpc) is 2.81. The zero-order chi connectivity index (χ0) is 18.1. The van der Waals surface area contributed by atoms with Gasteiger partial charge in [0.25, 0.3) is 0 Å². The van der Waals surface area contributed by atoms with Gasteiger partial charge >= 0.3 is 12.1 Å². The van der Waals surface area contributed by atoms with Crippen LogP contribution in [0.15, 0.2) is 0 Å². The largest absolute Gasteiger partial charge is 0.467 e. The quantitative estimate of drug-likeness (QED) is 0.775. The van der Waals surface area contributed by atoms with Crippen LogP contribution in [-0.2, 0) is 19.1 Å². The van der Waals surface area contributed by atoms with Gasteiger partial charge in [-0.05, 0) is 52.4 Å². The van der Waals surface area contributed by atoms with Gasteiger partial charge in [0.05, 0.1) is 7.11 Å². The second-order valence-electron chi connectivity index (χ2n) is 7.79. The molecular weight excluding hydrogens is 312 g/mol. The lowest BCUT2D eigenvalue weighted by Gasteiger charge is -2.30. The van der Waals surface area contributed by atoms with E-state index in [4.69, 9.17) is 9.47 Å². The number of nitrogens with zero attached hydrogens (tertiary/aromatic N) is 1.